The van der Waals surface area contributed by atoms with Crippen LogP contribution in [0.15, 0.2) is 36.4 Å². The lowest BCUT2D eigenvalue weighted by molar-refractivity contribution is 0.583. The first-order chi connectivity index (χ1) is 14.0. The van der Waals surface area contributed by atoms with Gasteiger partial charge < -0.3 is 0 Å². The van der Waals surface area contributed by atoms with Gasteiger partial charge in [-0.25, -0.2) is 0 Å². The SMILES string of the molecule is CC(C)(C)c1ccc2c(c1)[C@@H]1c3ccc(C(C)(C)C)cc3[C@H]2c2c(Cl)nnc(Cl)c21. The summed E-state index contributed by atoms with van der Waals surface area (Å²) in [5, 5.41) is 9.26. The Kier molecular flexibility index (Phi) is 4.21. The van der Waals surface area contributed by atoms with Crippen molar-refractivity contribution < 1.29 is 0 Å². The lowest BCUT2D eigenvalue weighted by Gasteiger charge is -2.43. The molecule has 4 heteroatoms. The maximum atomic E-state index is 6.64. The molecule has 0 saturated carbocycles. The van der Waals surface area contributed by atoms with E-state index in [1.807, 2.05) is 0 Å². The Labute approximate surface area is 188 Å². The molecule has 1 heterocycles. The van der Waals surface area contributed by atoms with Gasteiger partial charge in [-0.2, -0.15) is 0 Å². The Bertz CT molecular complexity index is 1100. The monoisotopic (exact) mass is 436 g/mol. The molecule has 0 spiro atoms. The van der Waals surface area contributed by atoms with Gasteiger partial charge in [0.1, 0.15) is 0 Å². The average molecular weight is 437 g/mol. The van der Waals surface area contributed by atoms with Crippen molar-refractivity contribution in [2.24, 2.45) is 0 Å². The predicted molar refractivity (Wildman–Crippen MR) is 124 cm³/mol. The van der Waals surface area contributed by atoms with E-state index in [0.29, 0.717) is 10.3 Å². The summed E-state index contributed by atoms with van der Waals surface area (Å²) in [6.45, 7) is 13.5. The van der Waals surface area contributed by atoms with Crippen LogP contribution in [-0.4, -0.2) is 10.2 Å². The molecule has 0 aliphatic heterocycles. The lowest BCUT2D eigenvalue weighted by Crippen LogP contribution is -2.30. The van der Waals surface area contributed by atoms with Gasteiger partial charge in [0.05, 0.1) is 0 Å². The van der Waals surface area contributed by atoms with E-state index in [9.17, 15) is 0 Å². The number of halogens is 2. The highest BCUT2D eigenvalue weighted by atomic mass is 35.5. The molecular formula is C26H26Cl2N2. The van der Waals surface area contributed by atoms with Gasteiger partial charge in [-0.05, 0) is 44.2 Å². The number of aromatic nitrogens is 2. The molecule has 2 atom stereocenters. The van der Waals surface area contributed by atoms with Crippen molar-refractivity contribution in [1.82, 2.24) is 10.2 Å². The largest absolute Gasteiger partial charge is 0.156 e. The van der Waals surface area contributed by atoms with Crippen molar-refractivity contribution >= 4 is 23.2 Å². The Morgan fingerprint density at radius 1 is 0.600 bits per heavy atom. The zero-order chi connectivity index (χ0) is 21.6. The summed E-state index contributed by atoms with van der Waals surface area (Å²) in [5.74, 6) is 0.0682. The maximum Gasteiger partial charge on any atom is 0.156 e. The van der Waals surface area contributed by atoms with Crippen LogP contribution in [0.1, 0.15) is 97.9 Å². The smallest absolute Gasteiger partial charge is 0.137 e. The van der Waals surface area contributed by atoms with Crippen LogP contribution in [0.5, 0.6) is 0 Å². The molecule has 2 nitrogen and oxygen atoms in total. The summed E-state index contributed by atoms with van der Waals surface area (Å²) in [4.78, 5) is 0. The van der Waals surface area contributed by atoms with Crippen LogP contribution >= 0.6 is 23.2 Å². The number of hydrogen-bond donors (Lipinski definition) is 0. The molecule has 0 radical (unpaired) electrons. The second-order valence-corrected chi connectivity index (χ2v) is 11.4. The zero-order valence-corrected chi connectivity index (χ0v) is 19.8. The second kappa shape index (κ2) is 6.31. The van der Waals surface area contributed by atoms with Crippen molar-refractivity contribution in [1.29, 1.82) is 0 Å². The van der Waals surface area contributed by atoms with Gasteiger partial charge in [0.2, 0.25) is 0 Å². The van der Waals surface area contributed by atoms with Gasteiger partial charge in [-0.1, -0.05) is 101 Å². The van der Waals surface area contributed by atoms with Gasteiger partial charge in [0.15, 0.2) is 10.3 Å². The molecule has 1 aromatic heterocycles. The first-order valence-corrected chi connectivity index (χ1v) is 11.2. The number of nitrogens with zero attached hydrogens (tertiary/aromatic N) is 2. The highest BCUT2D eigenvalue weighted by molar-refractivity contribution is 6.32. The van der Waals surface area contributed by atoms with Crippen LogP contribution in [0.25, 0.3) is 0 Å². The first-order valence-electron chi connectivity index (χ1n) is 10.5. The molecule has 6 rings (SSSR count). The van der Waals surface area contributed by atoms with E-state index < -0.39 is 0 Å². The van der Waals surface area contributed by atoms with Gasteiger partial charge >= 0.3 is 0 Å². The summed E-state index contributed by atoms with van der Waals surface area (Å²) < 4.78 is 0. The molecule has 3 aromatic rings. The van der Waals surface area contributed by atoms with E-state index in [2.05, 4.69) is 88.1 Å². The lowest BCUT2D eigenvalue weighted by atomic mass is 9.60. The van der Waals surface area contributed by atoms with E-state index in [-0.39, 0.29) is 22.7 Å². The summed E-state index contributed by atoms with van der Waals surface area (Å²) in [7, 11) is 0. The van der Waals surface area contributed by atoms with E-state index in [1.54, 1.807) is 0 Å². The van der Waals surface area contributed by atoms with Crippen molar-refractivity contribution in [3.63, 3.8) is 0 Å². The standard InChI is InChI=1S/C26H26Cl2N2/c1-25(2,3)13-7-9-15-17(11-13)19-16-10-8-14(26(4,5)6)12-18(16)20(15)22-21(19)23(27)29-30-24(22)28/h7-12,19-20H,1-6H3/t19-,20-/m0/s1. The second-order valence-electron chi connectivity index (χ2n) is 10.7. The van der Waals surface area contributed by atoms with Gasteiger partial charge in [0.25, 0.3) is 0 Å². The molecule has 0 saturated heterocycles. The summed E-state index contributed by atoms with van der Waals surface area (Å²) in [5.41, 5.74) is 10.1. The van der Waals surface area contributed by atoms with Gasteiger partial charge in [-0.3, -0.25) is 0 Å². The molecule has 154 valence electrons. The quantitative estimate of drug-likeness (QED) is 0.253. The van der Waals surface area contributed by atoms with Crippen LogP contribution in [-0.2, 0) is 10.8 Å². The fourth-order valence-corrected chi connectivity index (χ4v) is 5.53. The molecule has 30 heavy (non-hydrogen) atoms. The minimum atomic E-state index is 0.0341. The topological polar surface area (TPSA) is 25.8 Å². The molecule has 0 N–H and O–H groups in total. The molecule has 2 aromatic carbocycles. The molecule has 3 aliphatic carbocycles. The summed E-state index contributed by atoms with van der Waals surface area (Å²) in [6.07, 6.45) is 0. The number of rotatable bonds is 0. The van der Waals surface area contributed by atoms with E-state index in [0.717, 1.165) is 11.1 Å². The summed E-state index contributed by atoms with van der Waals surface area (Å²) >= 11 is 13.3. The highest BCUT2D eigenvalue weighted by Gasteiger charge is 2.45. The third-order valence-electron chi connectivity index (χ3n) is 6.69. The third-order valence-corrected chi connectivity index (χ3v) is 7.25. The Balaban J connectivity index is 1.84. The van der Waals surface area contributed by atoms with E-state index >= 15 is 0 Å². The van der Waals surface area contributed by atoms with Crippen LogP contribution in [0.3, 0.4) is 0 Å². The maximum absolute atomic E-state index is 6.64. The minimum Gasteiger partial charge on any atom is -0.137 e. The summed E-state index contributed by atoms with van der Waals surface area (Å²) in [6, 6.07) is 13.8. The highest BCUT2D eigenvalue weighted by Crippen LogP contribution is 2.58. The van der Waals surface area contributed by atoms with Crippen LogP contribution in [0, 0.1) is 0 Å². The molecule has 3 aliphatic rings. The predicted octanol–water partition coefficient (Wildman–Crippen LogP) is 7.37. The normalized spacial score (nSPS) is 19.3. The number of benzene rings is 2. The molecule has 2 bridgehead atoms. The molecule has 0 fully saturated rings. The molecular weight excluding hydrogens is 411 g/mol. The van der Waals surface area contributed by atoms with Crippen molar-refractivity contribution in [3.8, 4) is 0 Å². The fraction of sp³-hybridized carbons (Fsp3) is 0.385. The Morgan fingerprint density at radius 3 is 1.30 bits per heavy atom. The van der Waals surface area contributed by atoms with Crippen LogP contribution in [0.2, 0.25) is 10.3 Å². The van der Waals surface area contributed by atoms with Crippen LogP contribution in [0.4, 0.5) is 0 Å². The fourth-order valence-electron chi connectivity index (χ4n) is 5.03. The van der Waals surface area contributed by atoms with Gasteiger partial charge in [-0.15, -0.1) is 10.2 Å². The minimum absolute atomic E-state index is 0.0341. The van der Waals surface area contributed by atoms with Crippen molar-refractivity contribution in [2.45, 2.75) is 64.2 Å². The average Bonchev–Trinajstić information content (AvgIpc) is 2.68. The van der Waals surface area contributed by atoms with E-state index in [4.69, 9.17) is 23.2 Å². The first kappa shape index (κ1) is 20.0. The van der Waals surface area contributed by atoms with Crippen molar-refractivity contribution in [2.75, 3.05) is 0 Å². The van der Waals surface area contributed by atoms with Crippen molar-refractivity contribution in [3.05, 3.63) is 91.2 Å². The zero-order valence-electron chi connectivity index (χ0n) is 18.3. The van der Waals surface area contributed by atoms with Gasteiger partial charge in [0, 0.05) is 23.0 Å². The molecule has 0 unspecified atom stereocenters. The number of hydrogen-bond acceptors (Lipinski definition) is 2. The Morgan fingerprint density at radius 2 is 0.967 bits per heavy atom. The molecule has 0 amide bonds. The van der Waals surface area contributed by atoms with E-state index in [1.165, 1.54) is 33.4 Å². The third kappa shape index (κ3) is 2.77. The van der Waals surface area contributed by atoms with Crippen LogP contribution < -0.4 is 0 Å². The Hall–Kier alpha value is -1.90.